The highest BCUT2D eigenvalue weighted by Gasteiger charge is 2.34. The van der Waals surface area contributed by atoms with Crippen molar-refractivity contribution in [3.63, 3.8) is 0 Å². The fourth-order valence-electron chi connectivity index (χ4n) is 3.88. The molecular weight excluding hydrogens is 533 g/mol. The van der Waals surface area contributed by atoms with Gasteiger partial charge in [-0.05, 0) is 38.7 Å². The van der Waals surface area contributed by atoms with Crippen LogP contribution >= 0.6 is 35.3 Å². The van der Waals surface area contributed by atoms with E-state index in [2.05, 4.69) is 72.0 Å². The van der Waals surface area contributed by atoms with Crippen LogP contribution in [0.3, 0.4) is 0 Å². The summed E-state index contributed by atoms with van der Waals surface area (Å²) in [5.74, 6) is 0.870. The smallest absolute Gasteiger partial charge is 0.191 e. The highest BCUT2D eigenvalue weighted by molar-refractivity contribution is 14.0. The molecule has 0 aliphatic carbocycles. The Bertz CT molecular complexity index is 808. The van der Waals surface area contributed by atoms with Crippen LogP contribution in [0.4, 0.5) is 0 Å². The van der Waals surface area contributed by atoms with Gasteiger partial charge in [0.15, 0.2) is 5.96 Å². The zero-order valence-corrected chi connectivity index (χ0v) is 22.7. The first-order valence-electron chi connectivity index (χ1n) is 11.5. The number of guanidine groups is 1. The van der Waals surface area contributed by atoms with E-state index in [1.54, 1.807) is 11.3 Å². The van der Waals surface area contributed by atoms with Gasteiger partial charge in [0.05, 0.1) is 11.6 Å². The van der Waals surface area contributed by atoms with E-state index < -0.39 is 0 Å². The first kappa shape index (κ1) is 27.0. The number of aryl methyl sites for hydroxylation is 1. The Labute approximate surface area is 214 Å². The second-order valence-electron chi connectivity index (χ2n) is 8.12. The molecule has 178 valence electrons. The number of thiazole rings is 1. The first-order valence-corrected chi connectivity index (χ1v) is 12.3. The Kier molecular flexibility index (Phi) is 11.9. The van der Waals surface area contributed by atoms with Gasteiger partial charge in [-0.1, -0.05) is 37.3 Å². The van der Waals surface area contributed by atoms with Gasteiger partial charge in [0.2, 0.25) is 0 Å². The van der Waals surface area contributed by atoms with E-state index in [-0.39, 0.29) is 35.6 Å². The summed E-state index contributed by atoms with van der Waals surface area (Å²) in [6.07, 6.45) is 5.89. The number of hydrogen-bond donors (Lipinski definition) is 3. The molecule has 6 nitrogen and oxygen atoms in total. The summed E-state index contributed by atoms with van der Waals surface area (Å²) in [7, 11) is 0. The third-order valence-corrected chi connectivity index (χ3v) is 6.94. The molecule has 1 aliphatic rings. The van der Waals surface area contributed by atoms with Crippen molar-refractivity contribution in [2.24, 2.45) is 4.99 Å². The summed E-state index contributed by atoms with van der Waals surface area (Å²) in [5.41, 5.74) is 1.25. The van der Waals surface area contributed by atoms with Crippen LogP contribution in [0.1, 0.15) is 55.1 Å². The van der Waals surface area contributed by atoms with Gasteiger partial charge in [0.25, 0.3) is 0 Å². The third kappa shape index (κ3) is 8.28. The van der Waals surface area contributed by atoms with Gasteiger partial charge in [-0.2, -0.15) is 0 Å². The zero-order chi connectivity index (χ0) is 21.9. The quantitative estimate of drug-likeness (QED) is 0.225. The van der Waals surface area contributed by atoms with E-state index >= 15 is 0 Å². The zero-order valence-electron chi connectivity index (χ0n) is 19.5. The maximum Gasteiger partial charge on any atom is 0.191 e. The maximum absolute atomic E-state index is 5.67. The van der Waals surface area contributed by atoms with Crippen molar-refractivity contribution >= 4 is 41.3 Å². The Morgan fingerprint density at radius 3 is 2.59 bits per heavy atom. The lowest BCUT2D eigenvalue weighted by atomic mass is 9.88. The molecule has 8 heteroatoms. The lowest BCUT2D eigenvalue weighted by Gasteiger charge is -2.39. The minimum atomic E-state index is -0.0544. The monoisotopic (exact) mass is 571 g/mol. The van der Waals surface area contributed by atoms with Gasteiger partial charge in [-0.15, -0.1) is 35.3 Å². The number of ether oxygens (including phenoxy) is 1. The molecule has 2 aromatic rings. The molecule has 1 aromatic heterocycles. The topological polar surface area (TPSA) is 70.6 Å². The van der Waals surface area contributed by atoms with E-state index in [1.165, 1.54) is 15.4 Å². The molecule has 0 amide bonds. The summed E-state index contributed by atoms with van der Waals surface area (Å²) in [4.78, 5) is 10.8. The molecule has 1 aromatic carbocycles. The number of aliphatic imine (C=N–C) groups is 1. The highest BCUT2D eigenvalue weighted by atomic mass is 127. The summed E-state index contributed by atoms with van der Waals surface area (Å²) in [6.45, 7) is 10.4. The largest absolute Gasteiger partial charge is 0.381 e. The molecule has 0 radical (unpaired) electrons. The molecule has 32 heavy (non-hydrogen) atoms. The van der Waals surface area contributed by atoms with Crippen LogP contribution in [-0.4, -0.2) is 49.3 Å². The average molecular weight is 572 g/mol. The second-order valence-corrected chi connectivity index (χ2v) is 9.31. The normalized spacial score (nSPS) is 16.8. The fraction of sp³-hybridized carbons (Fsp3) is 0.583. The molecule has 0 bridgehead atoms. The number of nitrogens with zero attached hydrogens (tertiary/aromatic N) is 2. The molecule has 1 atom stereocenters. The van der Waals surface area contributed by atoms with Crippen molar-refractivity contribution < 1.29 is 4.74 Å². The summed E-state index contributed by atoms with van der Waals surface area (Å²) < 4.78 is 5.67. The van der Waals surface area contributed by atoms with Gasteiger partial charge < -0.3 is 20.7 Å². The van der Waals surface area contributed by atoms with E-state index in [9.17, 15) is 0 Å². The molecule has 1 saturated heterocycles. The van der Waals surface area contributed by atoms with Crippen molar-refractivity contribution in [3.8, 4) is 0 Å². The van der Waals surface area contributed by atoms with Gasteiger partial charge in [0.1, 0.15) is 0 Å². The number of halogens is 1. The van der Waals surface area contributed by atoms with Crippen molar-refractivity contribution in [3.05, 3.63) is 52.0 Å². The SMILES string of the molecule is CCNC(=NCC1(NC(C)c2ccccc2)CCOCC1)NCCc1ncc(CC)s1.I. The van der Waals surface area contributed by atoms with Crippen LogP contribution in [0.2, 0.25) is 0 Å². The van der Waals surface area contributed by atoms with Gasteiger partial charge in [-0.3, -0.25) is 4.99 Å². The summed E-state index contributed by atoms with van der Waals surface area (Å²) in [6, 6.07) is 10.9. The summed E-state index contributed by atoms with van der Waals surface area (Å²) >= 11 is 1.80. The predicted molar refractivity (Wildman–Crippen MR) is 145 cm³/mol. The average Bonchev–Trinajstić information content (AvgIpc) is 3.27. The van der Waals surface area contributed by atoms with E-state index in [0.29, 0.717) is 0 Å². The number of rotatable bonds is 10. The molecule has 3 rings (SSSR count). The van der Waals surface area contributed by atoms with E-state index in [1.807, 2.05) is 6.20 Å². The molecule has 2 heterocycles. The Hall–Kier alpha value is -1.23. The lowest BCUT2D eigenvalue weighted by molar-refractivity contribution is 0.0374. The lowest BCUT2D eigenvalue weighted by Crippen LogP contribution is -2.53. The van der Waals surface area contributed by atoms with Crippen molar-refractivity contribution in [1.29, 1.82) is 0 Å². The predicted octanol–water partition coefficient (Wildman–Crippen LogP) is 4.32. The summed E-state index contributed by atoms with van der Waals surface area (Å²) in [5, 5.41) is 11.9. The standard InChI is InChI=1S/C24H37N5OS.HI/c1-4-21-17-27-22(31-21)11-14-26-23(25-5-2)28-18-24(12-15-30-16-13-24)29-19(3)20-9-7-6-8-10-20;/h6-10,17,19,29H,4-5,11-16,18H2,1-3H3,(H2,25,26,28);1H. The molecule has 0 spiro atoms. The van der Waals surface area contributed by atoms with E-state index in [0.717, 1.165) is 64.5 Å². The molecule has 3 N–H and O–H groups in total. The molecule has 1 aliphatic heterocycles. The Morgan fingerprint density at radius 2 is 1.94 bits per heavy atom. The number of aromatic nitrogens is 1. The highest BCUT2D eigenvalue weighted by Crippen LogP contribution is 2.26. The van der Waals surface area contributed by atoms with Crippen molar-refractivity contribution in [2.45, 2.75) is 58.0 Å². The van der Waals surface area contributed by atoms with Crippen LogP contribution in [0, 0.1) is 0 Å². The van der Waals surface area contributed by atoms with Crippen molar-refractivity contribution in [2.75, 3.05) is 32.8 Å². The number of nitrogens with one attached hydrogen (secondary N) is 3. The van der Waals surface area contributed by atoms with Gasteiger partial charge >= 0.3 is 0 Å². The van der Waals surface area contributed by atoms with Crippen LogP contribution in [-0.2, 0) is 17.6 Å². The third-order valence-electron chi connectivity index (χ3n) is 5.74. The molecule has 0 saturated carbocycles. The van der Waals surface area contributed by atoms with Crippen LogP contribution in [0.15, 0.2) is 41.5 Å². The Balaban J connectivity index is 0.00000363. The van der Waals surface area contributed by atoms with Gasteiger partial charge in [0, 0.05) is 55.4 Å². The Morgan fingerprint density at radius 1 is 1.19 bits per heavy atom. The van der Waals surface area contributed by atoms with Crippen LogP contribution in [0.25, 0.3) is 0 Å². The second kappa shape index (κ2) is 14.1. The van der Waals surface area contributed by atoms with Crippen LogP contribution in [0.5, 0.6) is 0 Å². The molecular formula is C24H38IN5OS. The molecule has 1 unspecified atom stereocenters. The minimum absolute atomic E-state index is 0. The molecule has 1 fully saturated rings. The first-order chi connectivity index (χ1) is 15.1. The van der Waals surface area contributed by atoms with Gasteiger partial charge in [-0.25, -0.2) is 4.98 Å². The maximum atomic E-state index is 5.67. The number of hydrogen-bond acceptors (Lipinski definition) is 5. The fourth-order valence-corrected chi connectivity index (χ4v) is 4.74. The minimum Gasteiger partial charge on any atom is -0.381 e. The number of benzene rings is 1. The van der Waals surface area contributed by atoms with Crippen molar-refractivity contribution in [1.82, 2.24) is 20.9 Å². The van der Waals surface area contributed by atoms with E-state index in [4.69, 9.17) is 9.73 Å². The van der Waals surface area contributed by atoms with Crippen LogP contribution < -0.4 is 16.0 Å².